The molecule has 110 valence electrons. The molecule has 2 rings (SSSR count). The second-order valence-electron chi connectivity index (χ2n) is 4.68. The monoisotopic (exact) mass is 321 g/mol. The van der Waals surface area contributed by atoms with Crippen molar-refractivity contribution in [2.45, 2.75) is 16.9 Å². The molecule has 1 amide bonds. The molecule has 2 atom stereocenters. The van der Waals surface area contributed by atoms with Crippen LogP contribution in [-0.2, 0) is 4.79 Å². The van der Waals surface area contributed by atoms with Crippen LogP contribution in [0, 0.1) is 11.7 Å². The summed E-state index contributed by atoms with van der Waals surface area (Å²) in [6, 6.07) is 5.44. The summed E-state index contributed by atoms with van der Waals surface area (Å²) in [5.74, 6) is -0.619. The van der Waals surface area contributed by atoms with Crippen molar-refractivity contribution in [3.05, 3.63) is 30.1 Å². The zero-order valence-corrected chi connectivity index (χ0v) is 12.0. The molecule has 1 aromatic carbocycles. The third-order valence-corrected chi connectivity index (χ3v) is 3.75. The molecule has 0 spiro atoms. The third kappa shape index (κ3) is 4.23. The van der Waals surface area contributed by atoms with E-state index in [0.29, 0.717) is 12.2 Å². The zero-order chi connectivity index (χ0) is 14.8. The van der Waals surface area contributed by atoms with Crippen molar-refractivity contribution >= 4 is 29.1 Å². The largest absolute Gasteiger partial charge is 0.491 e. The Morgan fingerprint density at radius 3 is 2.65 bits per heavy atom. The minimum absolute atomic E-state index is 0.0104. The topological polar surface area (TPSA) is 58.6 Å². The number of aliphatic hydroxyl groups is 1. The van der Waals surface area contributed by atoms with Crippen molar-refractivity contribution in [2.75, 3.05) is 13.2 Å². The lowest BCUT2D eigenvalue weighted by molar-refractivity contribution is -0.122. The van der Waals surface area contributed by atoms with E-state index in [-0.39, 0.29) is 24.9 Å². The smallest absolute Gasteiger partial charge is 0.226 e. The molecule has 0 saturated heterocycles. The van der Waals surface area contributed by atoms with Gasteiger partial charge in [0.25, 0.3) is 0 Å². The summed E-state index contributed by atoms with van der Waals surface area (Å²) in [5.41, 5.74) is 0. The van der Waals surface area contributed by atoms with Crippen molar-refractivity contribution in [2.24, 2.45) is 5.92 Å². The number of aliphatic hydroxyl groups excluding tert-OH is 1. The van der Waals surface area contributed by atoms with Crippen molar-refractivity contribution in [1.82, 2.24) is 5.32 Å². The fourth-order valence-corrected chi connectivity index (χ4v) is 2.13. The number of nitrogens with one attached hydrogen (secondary N) is 1. The van der Waals surface area contributed by atoms with Crippen molar-refractivity contribution in [3.8, 4) is 5.75 Å². The fourth-order valence-electron chi connectivity index (χ4n) is 1.62. The first kappa shape index (κ1) is 15.4. The Morgan fingerprint density at radius 2 is 2.10 bits per heavy atom. The van der Waals surface area contributed by atoms with Crippen LogP contribution in [0.15, 0.2) is 24.3 Å². The van der Waals surface area contributed by atoms with Crippen LogP contribution in [-0.4, -0.2) is 34.6 Å². The Hall–Kier alpha value is -1.04. The van der Waals surface area contributed by atoms with E-state index >= 15 is 0 Å². The SMILES string of the molecule is O=C(NCC(O)COc1ccc(F)cc1)C1CC1(Cl)Cl. The Bertz CT molecular complexity index is 481. The average molecular weight is 322 g/mol. The number of carbonyl (C=O) groups is 1. The minimum atomic E-state index is -0.973. The minimum Gasteiger partial charge on any atom is -0.491 e. The lowest BCUT2D eigenvalue weighted by Crippen LogP contribution is -2.36. The van der Waals surface area contributed by atoms with Gasteiger partial charge in [-0.25, -0.2) is 4.39 Å². The van der Waals surface area contributed by atoms with Crippen LogP contribution in [0.3, 0.4) is 0 Å². The molecule has 1 aliphatic rings. The standard InChI is InChI=1S/C13H14Cl2FNO3/c14-13(15)5-11(13)12(19)17-6-9(18)7-20-10-3-1-8(16)2-4-10/h1-4,9,11,18H,5-7H2,(H,17,19). The predicted octanol–water partition coefficient (Wildman–Crippen LogP) is 1.88. The van der Waals surface area contributed by atoms with Gasteiger partial charge in [-0.15, -0.1) is 23.2 Å². The van der Waals surface area contributed by atoms with Gasteiger partial charge in [0.2, 0.25) is 5.91 Å². The Kier molecular flexibility index (Phi) is 4.73. The molecule has 4 nitrogen and oxygen atoms in total. The Morgan fingerprint density at radius 1 is 1.50 bits per heavy atom. The molecule has 0 bridgehead atoms. The number of carbonyl (C=O) groups excluding carboxylic acids is 1. The maximum atomic E-state index is 12.7. The second kappa shape index (κ2) is 6.16. The van der Waals surface area contributed by atoms with Gasteiger partial charge < -0.3 is 15.2 Å². The summed E-state index contributed by atoms with van der Waals surface area (Å²) in [4.78, 5) is 11.6. The van der Waals surface area contributed by atoms with Crippen LogP contribution < -0.4 is 10.1 Å². The second-order valence-corrected chi connectivity index (χ2v) is 6.22. The van der Waals surface area contributed by atoms with E-state index in [1.165, 1.54) is 24.3 Å². The molecule has 0 aromatic heterocycles. The zero-order valence-electron chi connectivity index (χ0n) is 10.5. The van der Waals surface area contributed by atoms with Crippen LogP contribution in [0.25, 0.3) is 0 Å². The molecular formula is C13H14Cl2FNO3. The van der Waals surface area contributed by atoms with E-state index in [4.69, 9.17) is 27.9 Å². The third-order valence-electron chi connectivity index (χ3n) is 2.91. The summed E-state index contributed by atoms with van der Waals surface area (Å²) in [5, 5.41) is 12.2. The van der Waals surface area contributed by atoms with Gasteiger partial charge in [0.1, 0.15) is 28.6 Å². The van der Waals surface area contributed by atoms with Gasteiger partial charge in [-0.2, -0.15) is 0 Å². The van der Waals surface area contributed by atoms with E-state index in [2.05, 4.69) is 5.32 Å². The first-order valence-electron chi connectivity index (χ1n) is 6.10. The molecule has 7 heteroatoms. The summed E-state index contributed by atoms with van der Waals surface area (Å²) in [7, 11) is 0. The highest BCUT2D eigenvalue weighted by Gasteiger charge is 2.56. The van der Waals surface area contributed by atoms with Gasteiger partial charge in [0.05, 0.1) is 5.92 Å². The molecule has 1 aromatic rings. The first-order valence-corrected chi connectivity index (χ1v) is 6.86. The Labute approximate surface area is 125 Å². The first-order chi connectivity index (χ1) is 9.38. The van der Waals surface area contributed by atoms with E-state index in [1.807, 2.05) is 0 Å². The average Bonchev–Trinajstić information content (AvgIpc) is 3.04. The normalized spacial score (nSPS) is 21.1. The molecule has 2 unspecified atom stereocenters. The number of rotatable bonds is 6. The van der Waals surface area contributed by atoms with Gasteiger partial charge in [-0.05, 0) is 30.7 Å². The van der Waals surface area contributed by atoms with E-state index in [1.54, 1.807) is 0 Å². The van der Waals surface area contributed by atoms with Gasteiger partial charge in [-0.1, -0.05) is 0 Å². The highest BCUT2D eigenvalue weighted by atomic mass is 35.5. The summed E-state index contributed by atoms with van der Waals surface area (Å²) in [6.45, 7) is 0.0316. The fraction of sp³-hybridized carbons (Fsp3) is 0.462. The van der Waals surface area contributed by atoms with Crippen LogP contribution in [0.1, 0.15) is 6.42 Å². The quantitative estimate of drug-likeness (QED) is 0.786. The summed E-state index contributed by atoms with van der Waals surface area (Å²) in [6.07, 6.45) is -0.452. The molecule has 0 heterocycles. The van der Waals surface area contributed by atoms with Gasteiger partial charge in [0.15, 0.2) is 0 Å². The van der Waals surface area contributed by atoms with Crippen LogP contribution in [0.2, 0.25) is 0 Å². The lowest BCUT2D eigenvalue weighted by atomic mass is 10.3. The number of hydrogen-bond donors (Lipinski definition) is 2. The molecular weight excluding hydrogens is 308 g/mol. The maximum Gasteiger partial charge on any atom is 0.226 e. The van der Waals surface area contributed by atoms with Crippen LogP contribution in [0.5, 0.6) is 5.75 Å². The highest BCUT2D eigenvalue weighted by Crippen LogP contribution is 2.53. The van der Waals surface area contributed by atoms with E-state index < -0.39 is 16.4 Å². The maximum absolute atomic E-state index is 12.7. The molecule has 2 N–H and O–H groups in total. The number of benzene rings is 1. The van der Waals surface area contributed by atoms with Crippen LogP contribution in [0.4, 0.5) is 4.39 Å². The number of alkyl halides is 2. The van der Waals surface area contributed by atoms with Crippen LogP contribution >= 0.6 is 23.2 Å². The Balaban J connectivity index is 1.67. The van der Waals surface area contributed by atoms with Gasteiger partial charge in [-0.3, -0.25) is 4.79 Å². The summed E-state index contributed by atoms with van der Waals surface area (Å²) < 4.78 is 16.9. The highest BCUT2D eigenvalue weighted by molar-refractivity contribution is 6.52. The van der Waals surface area contributed by atoms with Crippen molar-refractivity contribution in [1.29, 1.82) is 0 Å². The number of amides is 1. The predicted molar refractivity (Wildman–Crippen MR) is 73.5 cm³/mol. The van der Waals surface area contributed by atoms with Crippen molar-refractivity contribution in [3.63, 3.8) is 0 Å². The number of hydrogen-bond acceptors (Lipinski definition) is 3. The molecule has 1 fully saturated rings. The molecule has 1 saturated carbocycles. The summed E-state index contributed by atoms with van der Waals surface area (Å²) >= 11 is 11.5. The van der Waals surface area contributed by atoms with E-state index in [0.717, 1.165) is 0 Å². The van der Waals surface area contributed by atoms with Crippen molar-refractivity contribution < 1.29 is 19.0 Å². The molecule has 0 aliphatic heterocycles. The van der Waals surface area contributed by atoms with E-state index in [9.17, 15) is 14.3 Å². The molecule has 20 heavy (non-hydrogen) atoms. The van der Waals surface area contributed by atoms with Gasteiger partial charge >= 0.3 is 0 Å². The number of ether oxygens (including phenoxy) is 1. The number of halogens is 3. The lowest BCUT2D eigenvalue weighted by Gasteiger charge is -2.13. The molecule has 1 aliphatic carbocycles. The molecule has 0 radical (unpaired) electrons. The van der Waals surface area contributed by atoms with Gasteiger partial charge in [0, 0.05) is 6.54 Å².